The second-order valence-electron chi connectivity index (χ2n) is 6.94. The summed E-state index contributed by atoms with van der Waals surface area (Å²) in [7, 11) is 0. The summed E-state index contributed by atoms with van der Waals surface area (Å²) in [6.07, 6.45) is 3.99. The van der Waals surface area contributed by atoms with E-state index >= 15 is 0 Å². The van der Waals surface area contributed by atoms with Gasteiger partial charge in [-0.3, -0.25) is 4.79 Å². The van der Waals surface area contributed by atoms with Crippen LogP contribution in [-0.4, -0.2) is 11.0 Å². The molecule has 25 heavy (non-hydrogen) atoms. The number of carbonyl (C=O) groups excluding carboxylic acids is 1. The first-order chi connectivity index (χ1) is 12.0. The van der Waals surface area contributed by atoms with Gasteiger partial charge in [0, 0.05) is 14.9 Å². The van der Waals surface area contributed by atoms with Crippen LogP contribution in [0.25, 0.3) is 0 Å². The highest BCUT2D eigenvalue weighted by Gasteiger charge is 2.34. The first-order valence-electron chi connectivity index (χ1n) is 8.68. The SMILES string of the molecule is CC[C@@H]1CCc2c(sc3c2C(=O)N[C@H](c2cc(Br)cc(C)c2O)N3)C1. The van der Waals surface area contributed by atoms with Crippen LogP contribution in [0, 0.1) is 12.8 Å². The number of rotatable bonds is 2. The number of phenols is 1. The molecule has 2 atom stereocenters. The third-order valence-corrected chi connectivity index (χ3v) is 6.97. The van der Waals surface area contributed by atoms with E-state index in [1.54, 1.807) is 11.3 Å². The number of hydrogen-bond donors (Lipinski definition) is 3. The minimum atomic E-state index is -0.418. The highest BCUT2D eigenvalue weighted by Crippen LogP contribution is 2.44. The van der Waals surface area contributed by atoms with Crippen molar-refractivity contribution in [2.75, 3.05) is 5.32 Å². The molecule has 132 valence electrons. The summed E-state index contributed by atoms with van der Waals surface area (Å²) < 4.78 is 0.885. The lowest BCUT2D eigenvalue weighted by Crippen LogP contribution is -2.38. The maximum atomic E-state index is 12.8. The van der Waals surface area contributed by atoms with Gasteiger partial charge in [0.1, 0.15) is 16.9 Å². The molecule has 2 aliphatic rings. The molecule has 2 heterocycles. The first-order valence-corrected chi connectivity index (χ1v) is 10.3. The zero-order chi connectivity index (χ0) is 17.7. The van der Waals surface area contributed by atoms with Crippen molar-refractivity contribution >= 4 is 38.2 Å². The third-order valence-electron chi connectivity index (χ3n) is 5.33. The first kappa shape index (κ1) is 16.9. The lowest BCUT2D eigenvalue weighted by atomic mass is 9.85. The van der Waals surface area contributed by atoms with E-state index in [0.29, 0.717) is 5.56 Å². The smallest absolute Gasteiger partial charge is 0.256 e. The van der Waals surface area contributed by atoms with Crippen LogP contribution in [0.1, 0.15) is 57.9 Å². The summed E-state index contributed by atoms with van der Waals surface area (Å²) in [5.41, 5.74) is 3.51. The molecule has 1 aromatic carbocycles. The Bertz CT molecular complexity index is 862. The maximum Gasteiger partial charge on any atom is 0.256 e. The standard InChI is InChI=1S/C19H21BrN2O2S/c1-3-10-4-5-12-14(7-10)25-19-15(12)18(24)21-17(22-19)13-8-11(20)6-9(2)16(13)23/h6,8,10,17,22-23H,3-5,7H2,1-2H3,(H,21,24)/t10-,17+/m1/s1. The fraction of sp³-hybridized carbons (Fsp3) is 0.421. The van der Waals surface area contributed by atoms with Crippen LogP contribution in [0.3, 0.4) is 0 Å². The molecule has 0 spiro atoms. The molecule has 0 bridgehead atoms. The number of fused-ring (bicyclic) bond motifs is 3. The van der Waals surface area contributed by atoms with E-state index < -0.39 is 6.17 Å². The molecule has 4 nitrogen and oxygen atoms in total. The molecule has 0 unspecified atom stereocenters. The van der Waals surface area contributed by atoms with Crippen LogP contribution in [0.4, 0.5) is 5.00 Å². The van der Waals surface area contributed by atoms with Gasteiger partial charge in [0.15, 0.2) is 0 Å². The predicted molar refractivity (Wildman–Crippen MR) is 104 cm³/mol. The Labute approximate surface area is 159 Å². The number of halogens is 1. The second-order valence-corrected chi connectivity index (χ2v) is 8.96. The average Bonchev–Trinajstić information content (AvgIpc) is 2.95. The van der Waals surface area contributed by atoms with Crippen LogP contribution in [0.2, 0.25) is 0 Å². The van der Waals surface area contributed by atoms with Crippen LogP contribution in [0.5, 0.6) is 5.75 Å². The summed E-state index contributed by atoms with van der Waals surface area (Å²) >= 11 is 5.18. The van der Waals surface area contributed by atoms with Gasteiger partial charge in [0.25, 0.3) is 5.91 Å². The molecule has 3 N–H and O–H groups in total. The van der Waals surface area contributed by atoms with E-state index in [4.69, 9.17) is 0 Å². The van der Waals surface area contributed by atoms with E-state index in [1.165, 1.54) is 16.9 Å². The third kappa shape index (κ3) is 2.85. The number of aryl methyl sites for hydroxylation is 1. The number of hydrogen-bond acceptors (Lipinski definition) is 4. The van der Waals surface area contributed by atoms with Gasteiger partial charge in [-0.1, -0.05) is 29.3 Å². The molecule has 0 saturated heterocycles. The lowest BCUT2D eigenvalue weighted by molar-refractivity contribution is 0.0934. The van der Waals surface area contributed by atoms with Gasteiger partial charge in [-0.05, 0) is 55.4 Å². The minimum Gasteiger partial charge on any atom is -0.507 e. The number of aromatic hydroxyl groups is 1. The Balaban J connectivity index is 1.71. The van der Waals surface area contributed by atoms with E-state index in [0.717, 1.165) is 45.8 Å². The van der Waals surface area contributed by atoms with E-state index in [-0.39, 0.29) is 11.7 Å². The van der Waals surface area contributed by atoms with Gasteiger partial charge in [0.05, 0.1) is 5.56 Å². The van der Waals surface area contributed by atoms with Crippen LogP contribution in [0.15, 0.2) is 16.6 Å². The van der Waals surface area contributed by atoms with E-state index in [1.807, 2.05) is 19.1 Å². The van der Waals surface area contributed by atoms with Crippen molar-refractivity contribution in [3.63, 3.8) is 0 Å². The molecule has 0 saturated carbocycles. The number of benzene rings is 1. The van der Waals surface area contributed by atoms with Crippen LogP contribution >= 0.6 is 27.3 Å². The number of amides is 1. The topological polar surface area (TPSA) is 61.4 Å². The Morgan fingerprint density at radius 2 is 2.16 bits per heavy atom. The van der Waals surface area contributed by atoms with Crippen molar-refractivity contribution in [2.24, 2.45) is 5.92 Å². The monoisotopic (exact) mass is 420 g/mol. The van der Waals surface area contributed by atoms with Crippen LogP contribution < -0.4 is 10.6 Å². The predicted octanol–water partition coefficient (Wildman–Crippen LogP) is 4.89. The zero-order valence-electron chi connectivity index (χ0n) is 14.3. The largest absolute Gasteiger partial charge is 0.507 e. The van der Waals surface area contributed by atoms with E-state index in [2.05, 4.69) is 33.5 Å². The lowest BCUT2D eigenvalue weighted by Gasteiger charge is -2.28. The number of nitrogens with one attached hydrogen (secondary N) is 2. The fourth-order valence-corrected chi connectivity index (χ4v) is 5.83. The Hall–Kier alpha value is -1.53. The summed E-state index contributed by atoms with van der Waals surface area (Å²) in [5.74, 6) is 0.906. The summed E-state index contributed by atoms with van der Waals surface area (Å²) in [4.78, 5) is 14.1. The molecule has 6 heteroatoms. The summed E-state index contributed by atoms with van der Waals surface area (Å²) in [5, 5.41) is 17.8. The van der Waals surface area contributed by atoms with Crippen LogP contribution in [-0.2, 0) is 12.8 Å². The average molecular weight is 421 g/mol. The fourth-order valence-electron chi connectivity index (χ4n) is 3.85. The molecule has 1 aliphatic heterocycles. The normalized spacial score (nSPS) is 22.0. The molecule has 1 aromatic heterocycles. The minimum absolute atomic E-state index is 0.0387. The van der Waals surface area contributed by atoms with Crippen molar-refractivity contribution in [1.29, 1.82) is 0 Å². The molecule has 1 aliphatic carbocycles. The van der Waals surface area contributed by atoms with Crippen molar-refractivity contribution in [3.05, 3.63) is 43.7 Å². The summed E-state index contributed by atoms with van der Waals surface area (Å²) in [6, 6.07) is 3.72. The zero-order valence-corrected chi connectivity index (χ0v) is 16.7. The van der Waals surface area contributed by atoms with Gasteiger partial charge in [-0.25, -0.2) is 0 Å². The van der Waals surface area contributed by atoms with Gasteiger partial charge in [0.2, 0.25) is 0 Å². The Kier molecular flexibility index (Phi) is 4.28. The molecule has 2 aromatic rings. The van der Waals surface area contributed by atoms with Crippen molar-refractivity contribution in [3.8, 4) is 5.75 Å². The number of anilines is 1. The molecular weight excluding hydrogens is 400 g/mol. The van der Waals surface area contributed by atoms with Crippen molar-refractivity contribution in [1.82, 2.24) is 5.32 Å². The molecular formula is C19H21BrN2O2S. The maximum absolute atomic E-state index is 12.8. The molecule has 4 rings (SSSR count). The van der Waals surface area contributed by atoms with Gasteiger partial charge in [-0.2, -0.15) is 0 Å². The number of carbonyl (C=O) groups is 1. The van der Waals surface area contributed by atoms with Gasteiger partial charge in [-0.15, -0.1) is 11.3 Å². The Morgan fingerprint density at radius 1 is 1.36 bits per heavy atom. The Morgan fingerprint density at radius 3 is 2.92 bits per heavy atom. The number of phenolic OH excluding ortho intramolecular Hbond substituents is 1. The van der Waals surface area contributed by atoms with E-state index in [9.17, 15) is 9.90 Å². The summed E-state index contributed by atoms with van der Waals surface area (Å²) in [6.45, 7) is 4.09. The highest BCUT2D eigenvalue weighted by atomic mass is 79.9. The van der Waals surface area contributed by atoms with Crippen molar-refractivity contribution in [2.45, 2.75) is 45.7 Å². The second kappa shape index (κ2) is 6.32. The van der Waals surface area contributed by atoms with Gasteiger partial charge < -0.3 is 15.7 Å². The molecule has 0 fully saturated rings. The number of thiophene rings is 1. The highest BCUT2D eigenvalue weighted by molar-refractivity contribution is 9.10. The van der Waals surface area contributed by atoms with Crippen molar-refractivity contribution < 1.29 is 9.90 Å². The van der Waals surface area contributed by atoms with Gasteiger partial charge >= 0.3 is 0 Å². The molecule has 1 amide bonds. The quantitative estimate of drug-likeness (QED) is 0.647. The molecule has 0 radical (unpaired) electrons.